The molecule has 1 saturated carbocycles. The van der Waals surface area contributed by atoms with Crippen LogP contribution in [0, 0.1) is 11.3 Å². The molecule has 27 heavy (non-hydrogen) atoms. The van der Waals surface area contributed by atoms with Crippen LogP contribution in [0.2, 0.25) is 0 Å². The van der Waals surface area contributed by atoms with Gasteiger partial charge in [-0.2, -0.15) is 5.26 Å². The number of aryl methyl sites for hydroxylation is 1. The molecule has 0 radical (unpaired) electrons. The van der Waals surface area contributed by atoms with Gasteiger partial charge in [-0.1, -0.05) is 19.3 Å². The van der Waals surface area contributed by atoms with Gasteiger partial charge in [0.1, 0.15) is 11.4 Å². The molecule has 0 bridgehead atoms. The SMILES string of the molecule is Cn1c([C@H]2CCCN2CC(=O)NC2(C#N)CCCCC2)nc2c1CCCC2. The molecule has 1 atom stereocenters. The fourth-order valence-electron chi connectivity index (χ4n) is 5.22. The van der Waals surface area contributed by atoms with Crippen LogP contribution in [-0.4, -0.2) is 39.0 Å². The van der Waals surface area contributed by atoms with Crippen molar-refractivity contribution in [2.24, 2.45) is 7.05 Å². The third-order valence-corrected chi connectivity index (χ3v) is 6.72. The molecule has 1 saturated heterocycles. The first-order chi connectivity index (χ1) is 13.1. The molecule has 3 aliphatic rings. The maximum Gasteiger partial charge on any atom is 0.235 e. The number of carbonyl (C=O) groups excluding carboxylic acids is 1. The zero-order valence-corrected chi connectivity index (χ0v) is 16.5. The summed E-state index contributed by atoms with van der Waals surface area (Å²) in [5, 5.41) is 12.7. The van der Waals surface area contributed by atoms with Gasteiger partial charge in [-0.15, -0.1) is 0 Å². The quantitative estimate of drug-likeness (QED) is 0.886. The minimum Gasteiger partial charge on any atom is -0.337 e. The van der Waals surface area contributed by atoms with E-state index in [1.54, 1.807) is 0 Å². The second-order valence-electron chi connectivity index (χ2n) is 8.56. The van der Waals surface area contributed by atoms with Crippen LogP contribution in [0.1, 0.15) is 81.0 Å². The largest absolute Gasteiger partial charge is 0.337 e. The molecule has 1 aliphatic heterocycles. The molecule has 0 aromatic carbocycles. The highest BCUT2D eigenvalue weighted by Gasteiger charge is 2.36. The molecule has 146 valence electrons. The standard InChI is InChI=1S/C21H31N5O/c1-25-17-9-4-3-8-16(17)23-20(25)18-10-7-13-26(18)14-19(27)24-21(15-22)11-5-2-6-12-21/h18H,2-14H2,1H3,(H,24,27)/t18-/m1/s1. The third-order valence-electron chi connectivity index (χ3n) is 6.72. The molecule has 6 nitrogen and oxygen atoms in total. The Labute approximate surface area is 161 Å². The van der Waals surface area contributed by atoms with E-state index in [0.717, 1.165) is 70.2 Å². The van der Waals surface area contributed by atoms with Crippen LogP contribution in [-0.2, 0) is 24.7 Å². The first kappa shape index (κ1) is 18.5. The van der Waals surface area contributed by atoms with Gasteiger partial charge >= 0.3 is 0 Å². The van der Waals surface area contributed by atoms with Crippen molar-refractivity contribution in [1.29, 1.82) is 5.26 Å². The molecule has 2 heterocycles. The summed E-state index contributed by atoms with van der Waals surface area (Å²) in [6.07, 6.45) is 11.6. The van der Waals surface area contributed by atoms with Crippen LogP contribution in [0.5, 0.6) is 0 Å². The Kier molecular flexibility index (Phi) is 5.23. The maximum absolute atomic E-state index is 12.8. The smallest absolute Gasteiger partial charge is 0.235 e. The van der Waals surface area contributed by atoms with Crippen molar-refractivity contribution in [2.75, 3.05) is 13.1 Å². The number of rotatable bonds is 4. The van der Waals surface area contributed by atoms with Crippen molar-refractivity contribution in [3.63, 3.8) is 0 Å². The van der Waals surface area contributed by atoms with Crippen LogP contribution in [0.15, 0.2) is 0 Å². The lowest BCUT2D eigenvalue weighted by Gasteiger charge is -2.32. The number of likely N-dealkylation sites (tertiary alicyclic amines) is 1. The van der Waals surface area contributed by atoms with Gasteiger partial charge in [0.2, 0.25) is 5.91 Å². The Morgan fingerprint density at radius 3 is 2.74 bits per heavy atom. The molecule has 2 aliphatic carbocycles. The van der Waals surface area contributed by atoms with Crippen molar-refractivity contribution in [2.45, 2.75) is 82.2 Å². The fraction of sp³-hybridized carbons (Fsp3) is 0.762. The van der Waals surface area contributed by atoms with Crippen molar-refractivity contribution in [3.8, 4) is 6.07 Å². The van der Waals surface area contributed by atoms with E-state index in [1.807, 2.05) is 0 Å². The predicted octanol–water partition coefficient (Wildman–Crippen LogP) is 2.78. The number of hydrogen-bond acceptors (Lipinski definition) is 4. The van der Waals surface area contributed by atoms with Crippen LogP contribution >= 0.6 is 0 Å². The average Bonchev–Trinajstić information content (AvgIpc) is 3.27. The van der Waals surface area contributed by atoms with Crippen LogP contribution in [0.4, 0.5) is 0 Å². The van der Waals surface area contributed by atoms with Crippen molar-refractivity contribution in [1.82, 2.24) is 19.8 Å². The number of amides is 1. The van der Waals surface area contributed by atoms with Gasteiger partial charge in [-0.3, -0.25) is 9.69 Å². The van der Waals surface area contributed by atoms with E-state index < -0.39 is 5.54 Å². The highest BCUT2D eigenvalue weighted by atomic mass is 16.2. The van der Waals surface area contributed by atoms with Gasteiger partial charge in [0, 0.05) is 12.7 Å². The van der Waals surface area contributed by atoms with E-state index in [1.165, 1.54) is 24.2 Å². The third kappa shape index (κ3) is 3.62. The summed E-state index contributed by atoms with van der Waals surface area (Å²) >= 11 is 0. The maximum atomic E-state index is 12.8. The lowest BCUT2D eigenvalue weighted by Crippen LogP contribution is -2.51. The van der Waals surface area contributed by atoms with Crippen LogP contribution in [0.3, 0.4) is 0 Å². The van der Waals surface area contributed by atoms with Gasteiger partial charge in [-0.25, -0.2) is 4.98 Å². The highest BCUT2D eigenvalue weighted by molar-refractivity contribution is 5.79. The zero-order chi connectivity index (χ0) is 18.9. The summed E-state index contributed by atoms with van der Waals surface area (Å²) in [6, 6.07) is 2.61. The molecular weight excluding hydrogens is 338 g/mol. The first-order valence-corrected chi connectivity index (χ1v) is 10.6. The number of carbonyl (C=O) groups is 1. The van der Waals surface area contributed by atoms with Crippen molar-refractivity contribution < 1.29 is 4.79 Å². The number of nitrogens with one attached hydrogen (secondary N) is 1. The van der Waals surface area contributed by atoms with Gasteiger partial charge in [-0.05, 0) is 57.9 Å². The highest BCUT2D eigenvalue weighted by Crippen LogP contribution is 2.34. The fourth-order valence-corrected chi connectivity index (χ4v) is 5.22. The minimum atomic E-state index is -0.646. The molecule has 6 heteroatoms. The summed E-state index contributed by atoms with van der Waals surface area (Å²) < 4.78 is 2.29. The van der Waals surface area contributed by atoms with E-state index in [0.29, 0.717) is 6.54 Å². The summed E-state index contributed by atoms with van der Waals surface area (Å²) in [5.41, 5.74) is 2.01. The molecule has 2 fully saturated rings. The van der Waals surface area contributed by atoms with E-state index in [2.05, 4.69) is 27.9 Å². The Hall–Kier alpha value is -1.87. The summed E-state index contributed by atoms with van der Waals surface area (Å²) in [6.45, 7) is 1.29. The van der Waals surface area contributed by atoms with Crippen molar-refractivity contribution >= 4 is 5.91 Å². The summed E-state index contributed by atoms with van der Waals surface area (Å²) in [4.78, 5) is 20.0. The molecule has 4 rings (SSSR count). The number of nitriles is 1. The molecule has 0 spiro atoms. The van der Waals surface area contributed by atoms with Gasteiger partial charge in [0.05, 0.1) is 24.3 Å². The van der Waals surface area contributed by atoms with Gasteiger partial charge < -0.3 is 9.88 Å². The lowest BCUT2D eigenvalue weighted by molar-refractivity contribution is -0.124. The Morgan fingerprint density at radius 1 is 1.22 bits per heavy atom. The molecule has 0 unspecified atom stereocenters. The normalized spacial score (nSPS) is 25.0. The second kappa shape index (κ2) is 7.63. The number of nitrogens with zero attached hydrogens (tertiary/aromatic N) is 4. The average molecular weight is 370 g/mol. The van der Waals surface area contributed by atoms with E-state index >= 15 is 0 Å². The van der Waals surface area contributed by atoms with Gasteiger partial charge in [0.25, 0.3) is 0 Å². The Bertz CT molecular complexity index is 740. The van der Waals surface area contributed by atoms with Crippen LogP contribution in [0.25, 0.3) is 0 Å². The topological polar surface area (TPSA) is 74.0 Å². The monoisotopic (exact) mass is 369 g/mol. The van der Waals surface area contributed by atoms with Gasteiger partial charge in [0.15, 0.2) is 0 Å². The van der Waals surface area contributed by atoms with E-state index in [9.17, 15) is 10.1 Å². The molecule has 1 aromatic heterocycles. The minimum absolute atomic E-state index is 0.00989. The Morgan fingerprint density at radius 2 is 2.00 bits per heavy atom. The van der Waals surface area contributed by atoms with E-state index in [4.69, 9.17) is 4.98 Å². The Balaban J connectivity index is 1.45. The second-order valence-corrected chi connectivity index (χ2v) is 8.56. The molecule has 1 amide bonds. The molecule has 1 aromatic rings. The first-order valence-electron chi connectivity index (χ1n) is 10.6. The van der Waals surface area contributed by atoms with E-state index in [-0.39, 0.29) is 11.9 Å². The van der Waals surface area contributed by atoms with Crippen LogP contribution < -0.4 is 5.32 Å². The number of hydrogen-bond donors (Lipinski definition) is 1. The number of fused-ring (bicyclic) bond motifs is 1. The zero-order valence-electron chi connectivity index (χ0n) is 16.5. The predicted molar refractivity (Wildman–Crippen MR) is 103 cm³/mol. The lowest BCUT2D eigenvalue weighted by atomic mass is 9.83. The summed E-state index contributed by atoms with van der Waals surface area (Å²) in [5.74, 6) is 1.11. The number of aromatic nitrogens is 2. The summed E-state index contributed by atoms with van der Waals surface area (Å²) in [7, 11) is 2.13. The van der Waals surface area contributed by atoms with Crippen molar-refractivity contribution in [3.05, 3.63) is 17.2 Å². The molecular formula is C21H31N5O. The number of imidazole rings is 1. The molecule has 1 N–H and O–H groups in total.